The lowest BCUT2D eigenvalue weighted by molar-refractivity contribution is 0.112. The summed E-state index contributed by atoms with van der Waals surface area (Å²) in [5, 5.41) is 4.29. The van der Waals surface area contributed by atoms with Crippen molar-refractivity contribution < 1.29 is 4.79 Å². The van der Waals surface area contributed by atoms with Crippen LogP contribution in [0.1, 0.15) is 23.0 Å². The Morgan fingerprint density at radius 2 is 2.06 bits per heavy atom. The lowest BCUT2D eigenvalue weighted by Gasteiger charge is -2.04. The van der Waals surface area contributed by atoms with Crippen molar-refractivity contribution in [3.05, 3.63) is 41.7 Å². The van der Waals surface area contributed by atoms with Gasteiger partial charge in [-0.1, -0.05) is 24.3 Å². The second-order valence-corrected chi connectivity index (χ2v) is 3.66. The van der Waals surface area contributed by atoms with Crippen LogP contribution in [-0.4, -0.2) is 16.1 Å². The van der Waals surface area contributed by atoms with Crippen LogP contribution < -0.4 is 0 Å². The molecule has 3 nitrogen and oxygen atoms in total. The molecule has 2 rings (SSSR count). The molecule has 0 saturated carbocycles. The summed E-state index contributed by atoms with van der Waals surface area (Å²) in [4.78, 5) is 11.0. The second-order valence-electron chi connectivity index (χ2n) is 3.66. The molecule has 0 radical (unpaired) electrons. The second kappa shape index (κ2) is 4.31. The number of aromatic nitrogens is 2. The molecule has 82 valence electrons. The molecule has 0 aliphatic carbocycles. The molecule has 2 aromatic rings. The lowest BCUT2D eigenvalue weighted by Crippen LogP contribution is -1.98. The zero-order valence-corrected chi connectivity index (χ0v) is 9.47. The van der Waals surface area contributed by atoms with E-state index in [-0.39, 0.29) is 0 Å². The van der Waals surface area contributed by atoms with E-state index in [9.17, 15) is 4.79 Å². The third-order valence-electron chi connectivity index (χ3n) is 2.78. The van der Waals surface area contributed by atoms with E-state index >= 15 is 0 Å². The number of nitrogens with zero attached hydrogens (tertiary/aromatic N) is 2. The summed E-state index contributed by atoms with van der Waals surface area (Å²) >= 11 is 0. The first-order valence-corrected chi connectivity index (χ1v) is 5.35. The largest absolute Gasteiger partial charge is 0.298 e. The maximum absolute atomic E-state index is 11.0. The van der Waals surface area contributed by atoms with E-state index in [1.165, 1.54) is 0 Å². The summed E-state index contributed by atoms with van der Waals surface area (Å²) in [7, 11) is 0. The molecular weight excluding hydrogens is 200 g/mol. The van der Waals surface area contributed by atoms with Crippen LogP contribution in [0.2, 0.25) is 0 Å². The van der Waals surface area contributed by atoms with Crippen molar-refractivity contribution in [3.8, 4) is 11.1 Å². The smallest absolute Gasteiger partial charge is 0.150 e. The number of hydrogen-bond acceptors (Lipinski definition) is 2. The Labute approximate surface area is 94.7 Å². The normalized spacial score (nSPS) is 10.4. The zero-order chi connectivity index (χ0) is 11.5. The highest BCUT2D eigenvalue weighted by molar-refractivity contribution is 5.87. The molecule has 0 aliphatic heterocycles. The number of benzene rings is 1. The Kier molecular flexibility index (Phi) is 2.86. The molecule has 0 bridgehead atoms. The monoisotopic (exact) mass is 214 g/mol. The summed E-state index contributed by atoms with van der Waals surface area (Å²) in [5.74, 6) is 0. The Morgan fingerprint density at radius 1 is 1.31 bits per heavy atom. The van der Waals surface area contributed by atoms with Gasteiger partial charge in [-0.2, -0.15) is 5.10 Å². The maximum Gasteiger partial charge on any atom is 0.150 e. The minimum Gasteiger partial charge on any atom is -0.298 e. The first-order valence-electron chi connectivity index (χ1n) is 5.35. The minimum atomic E-state index is 0.709. The Balaban J connectivity index is 2.58. The van der Waals surface area contributed by atoms with E-state index in [1.807, 2.05) is 42.1 Å². The van der Waals surface area contributed by atoms with Gasteiger partial charge in [-0.05, 0) is 19.4 Å². The molecule has 1 heterocycles. The van der Waals surface area contributed by atoms with Gasteiger partial charge < -0.3 is 0 Å². The molecule has 0 saturated heterocycles. The molecular formula is C13H14N2O. The van der Waals surface area contributed by atoms with Crippen LogP contribution in [-0.2, 0) is 6.54 Å². The quantitative estimate of drug-likeness (QED) is 0.736. The molecule has 0 spiro atoms. The average Bonchev–Trinajstić information content (AvgIpc) is 2.70. The number of carbonyl (C=O) groups excluding carboxylic acids is 1. The van der Waals surface area contributed by atoms with Gasteiger partial charge in [-0.3, -0.25) is 9.48 Å². The van der Waals surface area contributed by atoms with Crippen molar-refractivity contribution in [2.45, 2.75) is 20.4 Å². The standard InChI is InChI=1S/C13H14N2O/c1-3-15-10(2)13(8-14-15)12-7-5-4-6-11(12)9-16/h4-9H,3H2,1-2H3. The van der Waals surface area contributed by atoms with Crippen LogP contribution in [0.15, 0.2) is 30.5 Å². The van der Waals surface area contributed by atoms with Crippen LogP contribution >= 0.6 is 0 Å². The number of hydrogen-bond donors (Lipinski definition) is 0. The van der Waals surface area contributed by atoms with Gasteiger partial charge in [0.1, 0.15) is 0 Å². The number of carbonyl (C=O) groups is 1. The van der Waals surface area contributed by atoms with Gasteiger partial charge in [0, 0.05) is 23.4 Å². The fraction of sp³-hybridized carbons (Fsp3) is 0.231. The zero-order valence-electron chi connectivity index (χ0n) is 9.47. The first kappa shape index (κ1) is 10.6. The molecule has 1 aromatic carbocycles. The number of aldehydes is 1. The van der Waals surface area contributed by atoms with Crippen molar-refractivity contribution >= 4 is 6.29 Å². The van der Waals surface area contributed by atoms with Crippen molar-refractivity contribution in [2.24, 2.45) is 0 Å². The van der Waals surface area contributed by atoms with Gasteiger partial charge in [0.2, 0.25) is 0 Å². The molecule has 0 N–H and O–H groups in total. The van der Waals surface area contributed by atoms with E-state index in [0.717, 1.165) is 29.7 Å². The third kappa shape index (κ3) is 1.65. The van der Waals surface area contributed by atoms with Crippen LogP contribution in [0, 0.1) is 6.92 Å². The maximum atomic E-state index is 11.0. The van der Waals surface area contributed by atoms with Gasteiger partial charge in [0.25, 0.3) is 0 Å². The van der Waals surface area contributed by atoms with E-state index in [2.05, 4.69) is 12.0 Å². The molecule has 16 heavy (non-hydrogen) atoms. The minimum absolute atomic E-state index is 0.709. The third-order valence-corrected chi connectivity index (χ3v) is 2.78. The predicted octanol–water partition coefficient (Wildman–Crippen LogP) is 2.69. The summed E-state index contributed by atoms with van der Waals surface area (Å²) in [6.45, 7) is 4.91. The van der Waals surface area contributed by atoms with E-state index in [1.54, 1.807) is 0 Å². The fourth-order valence-electron chi connectivity index (χ4n) is 1.87. The Hall–Kier alpha value is -1.90. The van der Waals surface area contributed by atoms with Crippen molar-refractivity contribution in [1.29, 1.82) is 0 Å². The average molecular weight is 214 g/mol. The molecule has 0 atom stereocenters. The highest BCUT2D eigenvalue weighted by Crippen LogP contribution is 2.25. The SMILES string of the molecule is CCn1ncc(-c2ccccc2C=O)c1C. The molecule has 3 heteroatoms. The van der Waals surface area contributed by atoms with Crippen LogP contribution in [0.5, 0.6) is 0 Å². The lowest BCUT2D eigenvalue weighted by atomic mass is 10.0. The van der Waals surface area contributed by atoms with Crippen molar-refractivity contribution in [1.82, 2.24) is 9.78 Å². The number of aryl methyl sites for hydroxylation is 1. The van der Waals surface area contributed by atoms with Gasteiger partial charge >= 0.3 is 0 Å². The molecule has 0 fully saturated rings. The highest BCUT2D eigenvalue weighted by atomic mass is 16.1. The van der Waals surface area contributed by atoms with Crippen molar-refractivity contribution in [3.63, 3.8) is 0 Å². The Bertz CT molecular complexity index is 514. The van der Waals surface area contributed by atoms with Crippen LogP contribution in [0.25, 0.3) is 11.1 Å². The van der Waals surface area contributed by atoms with E-state index in [0.29, 0.717) is 5.56 Å². The first-order chi connectivity index (χ1) is 7.77. The molecule has 1 aromatic heterocycles. The summed E-state index contributed by atoms with van der Waals surface area (Å²) in [6.07, 6.45) is 2.71. The van der Waals surface area contributed by atoms with Crippen LogP contribution in [0.3, 0.4) is 0 Å². The van der Waals surface area contributed by atoms with Crippen molar-refractivity contribution in [2.75, 3.05) is 0 Å². The molecule has 0 amide bonds. The predicted molar refractivity (Wildman–Crippen MR) is 63.5 cm³/mol. The van der Waals surface area contributed by atoms with Gasteiger partial charge in [-0.15, -0.1) is 0 Å². The number of rotatable bonds is 3. The summed E-state index contributed by atoms with van der Waals surface area (Å²) < 4.78 is 1.93. The topological polar surface area (TPSA) is 34.9 Å². The Morgan fingerprint density at radius 3 is 2.69 bits per heavy atom. The summed E-state index contributed by atoms with van der Waals surface area (Å²) in [5.41, 5.74) is 3.79. The highest BCUT2D eigenvalue weighted by Gasteiger charge is 2.10. The van der Waals surface area contributed by atoms with Gasteiger partial charge in [0.15, 0.2) is 6.29 Å². The summed E-state index contributed by atoms with van der Waals surface area (Å²) in [6, 6.07) is 7.58. The molecule has 0 unspecified atom stereocenters. The molecule has 0 aliphatic rings. The van der Waals surface area contributed by atoms with Gasteiger partial charge in [-0.25, -0.2) is 0 Å². The van der Waals surface area contributed by atoms with Gasteiger partial charge in [0.05, 0.1) is 6.20 Å². The van der Waals surface area contributed by atoms with E-state index in [4.69, 9.17) is 0 Å². The van der Waals surface area contributed by atoms with Crippen LogP contribution in [0.4, 0.5) is 0 Å². The van der Waals surface area contributed by atoms with E-state index < -0.39 is 0 Å². The fourth-order valence-corrected chi connectivity index (χ4v) is 1.87.